The van der Waals surface area contributed by atoms with Gasteiger partial charge in [0, 0.05) is 44.8 Å². The highest BCUT2D eigenvalue weighted by Crippen LogP contribution is 2.24. The molecule has 2 heterocycles. The fourth-order valence-electron chi connectivity index (χ4n) is 3.48. The largest absolute Gasteiger partial charge is 0.353 e. The quantitative estimate of drug-likeness (QED) is 0.786. The van der Waals surface area contributed by atoms with Crippen LogP contribution in [0.2, 0.25) is 0 Å². The fraction of sp³-hybridized carbons (Fsp3) is 0.409. The molecule has 154 valence electrons. The number of carbonyl (C=O) groups is 2. The van der Waals surface area contributed by atoms with Crippen molar-refractivity contribution in [3.05, 3.63) is 53.2 Å². The molecule has 0 bridgehead atoms. The summed E-state index contributed by atoms with van der Waals surface area (Å²) in [6, 6.07) is 9.15. The summed E-state index contributed by atoms with van der Waals surface area (Å²) in [6.45, 7) is 10.4. The second-order valence-electron chi connectivity index (χ2n) is 7.13. The zero-order chi connectivity index (χ0) is 20.8. The predicted molar refractivity (Wildman–Crippen MR) is 116 cm³/mol. The topological polar surface area (TPSA) is 77.6 Å². The van der Waals surface area contributed by atoms with E-state index in [-0.39, 0.29) is 11.8 Å². The lowest BCUT2D eigenvalue weighted by Gasteiger charge is -2.31. The van der Waals surface area contributed by atoms with E-state index in [4.69, 9.17) is 0 Å². The smallest absolute Gasteiger partial charge is 0.257 e. The molecule has 0 spiro atoms. The number of hydrogen-bond acceptors (Lipinski definition) is 5. The van der Waals surface area contributed by atoms with Gasteiger partial charge >= 0.3 is 0 Å². The van der Waals surface area contributed by atoms with Crippen molar-refractivity contribution >= 4 is 23.3 Å². The van der Waals surface area contributed by atoms with E-state index in [0.717, 1.165) is 31.7 Å². The number of amides is 2. The molecular weight excluding hydrogens is 366 g/mol. The Morgan fingerprint density at radius 2 is 1.90 bits per heavy atom. The molecule has 29 heavy (non-hydrogen) atoms. The number of anilines is 2. The number of piperazine rings is 1. The minimum atomic E-state index is -0.216. The van der Waals surface area contributed by atoms with Crippen molar-refractivity contribution in [1.82, 2.24) is 15.2 Å². The molecule has 0 radical (unpaired) electrons. The van der Waals surface area contributed by atoms with Gasteiger partial charge in [-0.1, -0.05) is 17.7 Å². The van der Waals surface area contributed by atoms with E-state index < -0.39 is 0 Å². The lowest BCUT2D eigenvalue weighted by Crippen LogP contribution is -2.45. The lowest BCUT2D eigenvalue weighted by molar-refractivity contribution is 0.0772. The average Bonchev–Trinajstić information content (AvgIpc) is 2.75. The van der Waals surface area contributed by atoms with Crippen molar-refractivity contribution in [3.8, 4) is 0 Å². The van der Waals surface area contributed by atoms with E-state index in [9.17, 15) is 9.59 Å². The maximum Gasteiger partial charge on any atom is 0.257 e. The van der Waals surface area contributed by atoms with E-state index >= 15 is 0 Å². The number of carbonyl (C=O) groups excluding carboxylic acids is 2. The molecule has 1 aromatic carbocycles. The second-order valence-corrected chi connectivity index (χ2v) is 7.13. The van der Waals surface area contributed by atoms with Crippen molar-refractivity contribution in [2.45, 2.75) is 20.8 Å². The van der Waals surface area contributed by atoms with Gasteiger partial charge in [-0.15, -0.1) is 0 Å². The standard InChI is InChI=1S/C22H29N5O2/c1-4-26(5-2)22(29)19-14-18(15-24-20(19)27-11-9-23-10-12-27)25-21(28)17-8-6-7-16(3)13-17/h6-8,13-15,23H,4-5,9-12H2,1-3H3,(H,25,28). The number of nitrogens with one attached hydrogen (secondary N) is 2. The van der Waals surface area contributed by atoms with Gasteiger partial charge in [-0.2, -0.15) is 0 Å². The van der Waals surface area contributed by atoms with Crippen LogP contribution in [0.5, 0.6) is 0 Å². The molecule has 0 unspecified atom stereocenters. The van der Waals surface area contributed by atoms with Gasteiger partial charge in [0.15, 0.2) is 0 Å². The van der Waals surface area contributed by atoms with Gasteiger partial charge < -0.3 is 20.4 Å². The molecule has 7 heteroatoms. The van der Waals surface area contributed by atoms with Gasteiger partial charge in [0.25, 0.3) is 11.8 Å². The number of pyridine rings is 1. The van der Waals surface area contributed by atoms with Crippen LogP contribution in [-0.4, -0.2) is 61.0 Å². The van der Waals surface area contributed by atoms with Gasteiger partial charge in [-0.05, 0) is 39.0 Å². The molecule has 1 saturated heterocycles. The van der Waals surface area contributed by atoms with Crippen LogP contribution in [0.15, 0.2) is 36.5 Å². The van der Waals surface area contributed by atoms with Gasteiger partial charge in [-0.3, -0.25) is 9.59 Å². The number of nitrogens with zero attached hydrogens (tertiary/aromatic N) is 3. The summed E-state index contributed by atoms with van der Waals surface area (Å²) in [6.07, 6.45) is 1.63. The van der Waals surface area contributed by atoms with E-state index in [1.165, 1.54) is 0 Å². The number of aromatic nitrogens is 1. The van der Waals surface area contributed by atoms with E-state index in [1.807, 2.05) is 39.0 Å². The number of hydrogen-bond donors (Lipinski definition) is 2. The van der Waals surface area contributed by atoms with Crippen molar-refractivity contribution in [2.24, 2.45) is 0 Å². The van der Waals surface area contributed by atoms with Gasteiger partial charge in [0.2, 0.25) is 0 Å². The van der Waals surface area contributed by atoms with E-state index in [1.54, 1.807) is 23.2 Å². The van der Waals surface area contributed by atoms with Crippen LogP contribution in [0.3, 0.4) is 0 Å². The predicted octanol–water partition coefficient (Wildman–Crippen LogP) is 2.53. The molecule has 0 atom stereocenters. The maximum absolute atomic E-state index is 13.2. The summed E-state index contributed by atoms with van der Waals surface area (Å²) >= 11 is 0. The van der Waals surface area contributed by atoms with Crippen LogP contribution in [-0.2, 0) is 0 Å². The summed E-state index contributed by atoms with van der Waals surface area (Å²) in [5, 5.41) is 6.20. The summed E-state index contributed by atoms with van der Waals surface area (Å²) in [7, 11) is 0. The van der Waals surface area contributed by atoms with Gasteiger partial charge in [0.1, 0.15) is 5.82 Å². The third-order valence-electron chi connectivity index (χ3n) is 5.10. The average molecular weight is 396 g/mol. The Morgan fingerprint density at radius 3 is 2.55 bits per heavy atom. The highest BCUT2D eigenvalue weighted by molar-refractivity contribution is 6.06. The van der Waals surface area contributed by atoms with Gasteiger partial charge in [-0.25, -0.2) is 4.98 Å². The third kappa shape index (κ3) is 4.92. The first-order valence-electron chi connectivity index (χ1n) is 10.2. The third-order valence-corrected chi connectivity index (χ3v) is 5.10. The van der Waals surface area contributed by atoms with Crippen LogP contribution in [0.4, 0.5) is 11.5 Å². The van der Waals surface area contributed by atoms with Gasteiger partial charge in [0.05, 0.1) is 17.4 Å². The maximum atomic E-state index is 13.2. The highest BCUT2D eigenvalue weighted by Gasteiger charge is 2.23. The highest BCUT2D eigenvalue weighted by atomic mass is 16.2. The molecule has 7 nitrogen and oxygen atoms in total. The number of aryl methyl sites for hydroxylation is 1. The van der Waals surface area contributed by atoms with Crippen molar-refractivity contribution < 1.29 is 9.59 Å². The summed E-state index contributed by atoms with van der Waals surface area (Å²) in [5.74, 6) is 0.395. The number of benzene rings is 1. The van der Waals surface area contributed by atoms with Crippen molar-refractivity contribution in [1.29, 1.82) is 0 Å². The summed E-state index contributed by atoms with van der Waals surface area (Å²) in [5.41, 5.74) is 2.64. The zero-order valence-electron chi connectivity index (χ0n) is 17.4. The molecule has 3 rings (SSSR count). The normalized spacial score (nSPS) is 13.8. The lowest BCUT2D eigenvalue weighted by atomic mass is 10.1. The first-order chi connectivity index (χ1) is 14.0. The molecule has 1 aliphatic heterocycles. The molecule has 1 aromatic heterocycles. The zero-order valence-corrected chi connectivity index (χ0v) is 17.4. The Morgan fingerprint density at radius 1 is 1.17 bits per heavy atom. The first kappa shape index (κ1) is 20.8. The van der Waals surface area contributed by atoms with Crippen LogP contribution >= 0.6 is 0 Å². The van der Waals surface area contributed by atoms with Crippen molar-refractivity contribution in [2.75, 3.05) is 49.5 Å². The Labute approximate surface area is 172 Å². The molecule has 2 N–H and O–H groups in total. The SMILES string of the molecule is CCN(CC)C(=O)c1cc(NC(=O)c2cccc(C)c2)cnc1N1CCNCC1. The minimum absolute atomic E-state index is 0.0670. The fourth-order valence-corrected chi connectivity index (χ4v) is 3.48. The van der Waals surface area contributed by atoms with Crippen LogP contribution in [0.25, 0.3) is 0 Å². The minimum Gasteiger partial charge on any atom is -0.353 e. The summed E-state index contributed by atoms with van der Waals surface area (Å²) in [4.78, 5) is 34.3. The molecule has 2 aromatic rings. The number of rotatable bonds is 6. The Balaban J connectivity index is 1.91. The first-order valence-corrected chi connectivity index (χ1v) is 10.2. The van der Waals surface area contributed by atoms with Crippen molar-refractivity contribution in [3.63, 3.8) is 0 Å². The molecule has 0 saturated carbocycles. The molecule has 1 aliphatic rings. The second kappa shape index (κ2) is 9.52. The Hall–Kier alpha value is -2.93. The molecule has 1 fully saturated rings. The van der Waals surface area contributed by atoms with E-state index in [2.05, 4.69) is 20.5 Å². The molecule has 2 amide bonds. The Bertz CT molecular complexity index is 873. The molecule has 0 aliphatic carbocycles. The van der Waals surface area contributed by atoms with Crippen LogP contribution in [0.1, 0.15) is 40.1 Å². The van der Waals surface area contributed by atoms with E-state index in [0.29, 0.717) is 35.7 Å². The Kier molecular flexibility index (Phi) is 6.82. The summed E-state index contributed by atoms with van der Waals surface area (Å²) < 4.78 is 0. The van der Waals surface area contributed by atoms with Crippen LogP contribution < -0.4 is 15.5 Å². The molecular formula is C22H29N5O2. The monoisotopic (exact) mass is 395 g/mol. The van der Waals surface area contributed by atoms with Crippen LogP contribution in [0, 0.1) is 6.92 Å².